The predicted molar refractivity (Wildman–Crippen MR) is 75.8 cm³/mol. The summed E-state index contributed by atoms with van der Waals surface area (Å²) in [4.78, 5) is 11.4. The summed E-state index contributed by atoms with van der Waals surface area (Å²) >= 11 is 0. The molecule has 0 aliphatic rings. The Bertz CT molecular complexity index is 391. The van der Waals surface area contributed by atoms with Gasteiger partial charge in [0.1, 0.15) is 4.91 Å². The zero-order chi connectivity index (χ0) is 12.7. The number of rotatable bonds is 6. The van der Waals surface area contributed by atoms with E-state index in [4.69, 9.17) is 10.8 Å². The molecule has 0 radical (unpaired) electrons. The smallest absolute Gasteiger partial charge is 0.343 e. The normalized spacial score (nSPS) is 13.4. The summed E-state index contributed by atoms with van der Waals surface area (Å²) in [7, 11) is 2.71. The molecule has 0 heterocycles. The molecule has 1 atom stereocenters. The molecule has 0 fully saturated rings. The second-order valence-electron chi connectivity index (χ2n) is 3.57. The molecule has 1 unspecified atom stereocenters. The van der Waals surface area contributed by atoms with Gasteiger partial charge in [0.05, 0.1) is 0 Å². The summed E-state index contributed by atoms with van der Waals surface area (Å²) in [5, 5.41) is 9.07. The first-order valence-corrected chi connectivity index (χ1v) is 7.46. The molecule has 3 nitrogen and oxygen atoms in total. The molecule has 0 aromatic heterocycles. The van der Waals surface area contributed by atoms with Crippen molar-refractivity contribution in [3.8, 4) is 0 Å². The molecule has 92 valence electrons. The minimum atomic E-state index is -0.906. The van der Waals surface area contributed by atoms with Crippen LogP contribution in [0, 0.1) is 0 Å². The van der Waals surface area contributed by atoms with Crippen LogP contribution in [0.3, 0.4) is 0 Å². The summed E-state index contributed by atoms with van der Waals surface area (Å²) < 4.78 is 0. The third-order valence-electron chi connectivity index (χ3n) is 1.79. The summed E-state index contributed by atoms with van der Waals surface area (Å²) in [5.41, 5.74) is 6.49. The molecule has 5 heteroatoms. The fourth-order valence-corrected chi connectivity index (χ4v) is 3.28. The fraction of sp³-hybridized carbons (Fsp3) is 0.250. The summed E-state index contributed by atoms with van der Waals surface area (Å²) in [6.45, 7) is 1.90. The van der Waals surface area contributed by atoms with Crippen molar-refractivity contribution in [2.45, 2.75) is 13.0 Å². The van der Waals surface area contributed by atoms with Gasteiger partial charge in [-0.2, -0.15) is 0 Å². The quantitative estimate of drug-likeness (QED) is 0.614. The van der Waals surface area contributed by atoms with Gasteiger partial charge in [0.15, 0.2) is 0 Å². The van der Waals surface area contributed by atoms with E-state index < -0.39 is 5.97 Å². The van der Waals surface area contributed by atoms with E-state index in [-0.39, 0.29) is 6.04 Å². The molecule has 17 heavy (non-hydrogen) atoms. The number of benzene rings is 1. The number of hydrogen-bond donors (Lipinski definition) is 2. The highest BCUT2D eigenvalue weighted by atomic mass is 33.1. The lowest BCUT2D eigenvalue weighted by molar-refractivity contribution is -0.131. The Morgan fingerprint density at radius 3 is 2.65 bits per heavy atom. The van der Waals surface area contributed by atoms with Crippen molar-refractivity contribution in [3.05, 3.63) is 40.8 Å². The molecule has 1 aromatic rings. The Morgan fingerprint density at radius 2 is 2.12 bits per heavy atom. The lowest BCUT2D eigenvalue weighted by Crippen LogP contribution is -2.16. The second kappa shape index (κ2) is 7.42. The van der Waals surface area contributed by atoms with Crippen LogP contribution in [0.25, 0.3) is 6.08 Å². The molecular formula is C12H15NO2S2. The molecule has 3 N–H and O–H groups in total. The van der Waals surface area contributed by atoms with E-state index >= 15 is 0 Å². The van der Waals surface area contributed by atoms with Crippen LogP contribution in [0.15, 0.2) is 35.2 Å². The maximum absolute atomic E-state index is 11.0. The molecule has 0 aliphatic heterocycles. The van der Waals surface area contributed by atoms with Gasteiger partial charge in [-0.3, -0.25) is 0 Å². The number of nitrogens with two attached hydrogens (primary N) is 1. The Kier molecular flexibility index (Phi) is 6.18. The summed E-state index contributed by atoms with van der Waals surface area (Å²) in [5.74, 6) is -0.180. The van der Waals surface area contributed by atoms with E-state index in [0.29, 0.717) is 4.91 Å². The van der Waals surface area contributed by atoms with Gasteiger partial charge in [0.25, 0.3) is 0 Å². The van der Waals surface area contributed by atoms with Gasteiger partial charge in [0.2, 0.25) is 0 Å². The van der Waals surface area contributed by atoms with Gasteiger partial charge in [-0.15, -0.1) is 0 Å². The zero-order valence-corrected chi connectivity index (χ0v) is 11.1. The number of hydrogen-bond acceptors (Lipinski definition) is 4. The highest BCUT2D eigenvalue weighted by Crippen LogP contribution is 2.31. The van der Waals surface area contributed by atoms with Crippen molar-refractivity contribution in [1.82, 2.24) is 0 Å². The van der Waals surface area contributed by atoms with E-state index in [2.05, 4.69) is 0 Å². The van der Waals surface area contributed by atoms with Gasteiger partial charge < -0.3 is 10.8 Å². The van der Waals surface area contributed by atoms with Crippen molar-refractivity contribution < 1.29 is 9.90 Å². The number of carboxylic acids is 1. The zero-order valence-electron chi connectivity index (χ0n) is 9.50. The standard InChI is InChI=1S/C12H15NO2S2/c1-9(13)8-16-17-11(12(14)15)7-10-5-3-2-4-6-10/h2-7,9H,8,13H2,1H3,(H,14,15). The molecule has 0 aliphatic carbocycles. The van der Waals surface area contributed by atoms with Crippen LogP contribution in [0.2, 0.25) is 0 Å². The van der Waals surface area contributed by atoms with Crippen molar-refractivity contribution in [3.63, 3.8) is 0 Å². The van der Waals surface area contributed by atoms with Gasteiger partial charge in [-0.1, -0.05) is 51.9 Å². The first-order chi connectivity index (χ1) is 8.09. The third kappa shape index (κ3) is 5.81. The van der Waals surface area contributed by atoms with Gasteiger partial charge >= 0.3 is 5.97 Å². The van der Waals surface area contributed by atoms with Gasteiger partial charge in [-0.25, -0.2) is 4.79 Å². The van der Waals surface area contributed by atoms with E-state index in [1.54, 1.807) is 6.08 Å². The first kappa shape index (κ1) is 14.2. The number of carbonyl (C=O) groups is 1. The maximum atomic E-state index is 11.0. The van der Waals surface area contributed by atoms with E-state index in [9.17, 15) is 4.79 Å². The summed E-state index contributed by atoms with van der Waals surface area (Å²) in [6.07, 6.45) is 1.67. The molecule has 0 amide bonds. The maximum Gasteiger partial charge on any atom is 0.343 e. The lowest BCUT2D eigenvalue weighted by Gasteiger charge is -2.04. The molecule has 1 rings (SSSR count). The van der Waals surface area contributed by atoms with Gasteiger partial charge in [-0.05, 0) is 18.6 Å². The minimum absolute atomic E-state index is 0.0688. The van der Waals surface area contributed by atoms with E-state index in [1.165, 1.54) is 21.6 Å². The third-order valence-corrected chi connectivity index (χ3v) is 4.34. The predicted octanol–water partition coefficient (Wildman–Crippen LogP) is 2.84. The van der Waals surface area contributed by atoms with Crippen molar-refractivity contribution in [1.29, 1.82) is 0 Å². The molecule has 0 spiro atoms. The van der Waals surface area contributed by atoms with Crippen LogP contribution in [0.1, 0.15) is 12.5 Å². The Balaban J connectivity index is 2.66. The number of aliphatic carboxylic acids is 1. The largest absolute Gasteiger partial charge is 0.477 e. The van der Waals surface area contributed by atoms with E-state index in [1.807, 2.05) is 37.3 Å². The summed E-state index contributed by atoms with van der Waals surface area (Å²) in [6, 6.07) is 9.48. The van der Waals surface area contributed by atoms with Crippen LogP contribution in [0.4, 0.5) is 0 Å². The van der Waals surface area contributed by atoms with Crippen LogP contribution < -0.4 is 5.73 Å². The average Bonchev–Trinajstić information content (AvgIpc) is 2.28. The topological polar surface area (TPSA) is 63.3 Å². The number of carboxylic acid groups (broad SMARTS) is 1. The minimum Gasteiger partial charge on any atom is -0.477 e. The fourth-order valence-electron chi connectivity index (χ4n) is 1.03. The Morgan fingerprint density at radius 1 is 1.47 bits per heavy atom. The monoisotopic (exact) mass is 269 g/mol. The van der Waals surface area contributed by atoms with Crippen molar-refractivity contribution in [2.75, 3.05) is 5.75 Å². The van der Waals surface area contributed by atoms with E-state index in [0.717, 1.165) is 11.3 Å². The average molecular weight is 269 g/mol. The van der Waals surface area contributed by atoms with Crippen molar-refractivity contribution >= 4 is 33.6 Å². The van der Waals surface area contributed by atoms with Crippen LogP contribution >= 0.6 is 21.6 Å². The molecule has 0 saturated heterocycles. The molecule has 0 bridgehead atoms. The Labute approximate surface area is 109 Å². The van der Waals surface area contributed by atoms with Gasteiger partial charge in [0, 0.05) is 11.8 Å². The van der Waals surface area contributed by atoms with Crippen LogP contribution in [-0.2, 0) is 4.79 Å². The molecule has 0 saturated carbocycles. The Hall–Kier alpha value is -0.910. The second-order valence-corrected chi connectivity index (χ2v) is 5.95. The SMILES string of the molecule is CC(N)CSSC(=Cc1ccccc1)C(=O)O. The highest BCUT2D eigenvalue weighted by Gasteiger charge is 2.09. The first-order valence-electron chi connectivity index (χ1n) is 5.14. The molecule has 1 aromatic carbocycles. The highest BCUT2D eigenvalue weighted by molar-refractivity contribution is 8.78. The molecular weight excluding hydrogens is 254 g/mol. The van der Waals surface area contributed by atoms with Crippen LogP contribution in [-0.4, -0.2) is 22.9 Å². The van der Waals surface area contributed by atoms with Crippen LogP contribution in [0.5, 0.6) is 0 Å². The lowest BCUT2D eigenvalue weighted by atomic mass is 10.2. The van der Waals surface area contributed by atoms with Crippen molar-refractivity contribution in [2.24, 2.45) is 5.73 Å².